The third-order valence-corrected chi connectivity index (χ3v) is 7.49. The van der Waals surface area contributed by atoms with E-state index in [1.807, 2.05) is 12.3 Å². The Bertz CT molecular complexity index is 820. The average molecular weight is 413 g/mol. The molecule has 1 saturated heterocycles. The quantitative estimate of drug-likeness (QED) is 0.685. The predicted molar refractivity (Wildman–Crippen MR) is 119 cm³/mol. The number of nitrogens with zero attached hydrogens (tertiary/aromatic N) is 3. The van der Waals surface area contributed by atoms with Crippen molar-refractivity contribution in [1.82, 2.24) is 14.9 Å². The van der Waals surface area contributed by atoms with Gasteiger partial charge < -0.3 is 10.2 Å². The van der Waals surface area contributed by atoms with Crippen molar-refractivity contribution in [2.45, 2.75) is 70.6 Å². The Kier molecular flexibility index (Phi) is 6.48. The zero-order valence-corrected chi connectivity index (χ0v) is 18.4. The Balaban J connectivity index is 1.34. The molecule has 6 heteroatoms. The lowest BCUT2D eigenvalue weighted by Gasteiger charge is -2.35. The van der Waals surface area contributed by atoms with E-state index in [1.165, 1.54) is 24.1 Å². The molecule has 0 spiro atoms. The van der Waals surface area contributed by atoms with Gasteiger partial charge in [-0.05, 0) is 43.7 Å². The largest absolute Gasteiger partial charge is 0.342 e. The molecule has 0 atom stereocenters. The highest BCUT2D eigenvalue weighted by atomic mass is 32.1. The molecule has 2 aromatic rings. The molecule has 1 amide bonds. The lowest BCUT2D eigenvalue weighted by molar-refractivity contribution is -0.137. The summed E-state index contributed by atoms with van der Waals surface area (Å²) in [6.45, 7) is 6.09. The van der Waals surface area contributed by atoms with Crippen molar-refractivity contribution in [1.29, 1.82) is 0 Å². The molecule has 1 aliphatic carbocycles. The molecule has 2 aliphatic rings. The summed E-state index contributed by atoms with van der Waals surface area (Å²) in [6, 6.07) is 6.19. The van der Waals surface area contributed by atoms with Crippen LogP contribution in [0, 0.1) is 5.92 Å². The summed E-state index contributed by atoms with van der Waals surface area (Å²) in [5.74, 6) is 2.45. The second-order valence-corrected chi connectivity index (χ2v) is 9.79. The van der Waals surface area contributed by atoms with Gasteiger partial charge in [-0.1, -0.05) is 39.2 Å². The Morgan fingerprint density at radius 3 is 2.59 bits per heavy atom. The van der Waals surface area contributed by atoms with Gasteiger partial charge in [-0.2, -0.15) is 0 Å². The van der Waals surface area contributed by atoms with E-state index in [9.17, 15) is 4.79 Å². The summed E-state index contributed by atoms with van der Waals surface area (Å²) < 4.78 is 0. The summed E-state index contributed by atoms with van der Waals surface area (Å²) in [5.41, 5.74) is 1.13. The summed E-state index contributed by atoms with van der Waals surface area (Å²) in [6.07, 6.45) is 9.85. The number of anilines is 2. The van der Waals surface area contributed by atoms with E-state index in [0.29, 0.717) is 17.7 Å². The Morgan fingerprint density at radius 1 is 1.14 bits per heavy atom. The van der Waals surface area contributed by atoms with Crippen LogP contribution in [0.25, 0.3) is 0 Å². The lowest BCUT2D eigenvalue weighted by Crippen LogP contribution is -2.42. The van der Waals surface area contributed by atoms with Gasteiger partial charge in [0.1, 0.15) is 5.82 Å². The first-order chi connectivity index (χ1) is 14.1. The first-order valence-corrected chi connectivity index (χ1v) is 11.9. The van der Waals surface area contributed by atoms with Gasteiger partial charge >= 0.3 is 0 Å². The molecule has 29 heavy (non-hydrogen) atoms. The molecule has 0 unspecified atom stereocenters. The highest BCUT2D eigenvalue weighted by Crippen LogP contribution is 2.32. The molecule has 4 rings (SSSR count). The normalized spacial score (nSPS) is 18.9. The Morgan fingerprint density at radius 2 is 1.90 bits per heavy atom. The van der Waals surface area contributed by atoms with Gasteiger partial charge in [0.05, 0.1) is 0 Å². The summed E-state index contributed by atoms with van der Waals surface area (Å²) in [7, 11) is 0. The second-order valence-electron chi connectivity index (χ2n) is 8.73. The molecule has 3 heterocycles. The van der Waals surface area contributed by atoms with Crippen molar-refractivity contribution >= 4 is 28.2 Å². The molecular formula is C23H32N4OS. The predicted octanol–water partition coefficient (Wildman–Crippen LogP) is 5.69. The maximum Gasteiger partial charge on any atom is 0.225 e. The monoisotopic (exact) mass is 412 g/mol. The van der Waals surface area contributed by atoms with E-state index < -0.39 is 0 Å². The number of thiazole rings is 1. The van der Waals surface area contributed by atoms with Gasteiger partial charge in [-0.3, -0.25) is 4.79 Å². The molecule has 1 N–H and O–H groups in total. The highest BCUT2D eigenvalue weighted by Gasteiger charge is 2.30. The van der Waals surface area contributed by atoms with Gasteiger partial charge in [0.25, 0.3) is 0 Å². The van der Waals surface area contributed by atoms with Crippen molar-refractivity contribution in [2.24, 2.45) is 5.92 Å². The number of aromatic nitrogens is 2. The number of amides is 1. The van der Waals surface area contributed by atoms with E-state index in [1.54, 1.807) is 11.3 Å². The standard InChI is InChI=1S/C23H32N4OS/c1-16(2)20-15-24-23(29-20)26-21-10-6-9-19(25-21)17-11-13-27(14-12-17)22(28)18-7-4-3-5-8-18/h6,9-10,15-18H,3-5,7-8,11-14H2,1-2H3,(H,24,25,26). The van der Waals surface area contributed by atoms with Crippen molar-refractivity contribution in [3.8, 4) is 0 Å². The second kappa shape index (κ2) is 9.24. The minimum atomic E-state index is 0.278. The number of pyridine rings is 1. The summed E-state index contributed by atoms with van der Waals surface area (Å²) in [4.78, 5) is 25.5. The van der Waals surface area contributed by atoms with Crippen LogP contribution in [0.1, 0.15) is 81.2 Å². The third kappa shape index (κ3) is 4.97. The Labute approximate surface area is 178 Å². The number of hydrogen-bond donors (Lipinski definition) is 1. The van der Waals surface area contributed by atoms with Crippen LogP contribution in [-0.4, -0.2) is 33.9 Å². The maximum atomic E-state index is 12.8. The Hall–Kier alpha value is -1.95. The van der Waals surface area contributed by atoms with E-state index in [2.05, 4.69) is 41.2 Å². The van der Waals surface area contributed by atoms with Gasteiger partial charge in [-0.25, -0.2) is 9.97 Å². The fourth-order valence-electron chi connectivity index (χ4n) is 4.47. The van der Waals surface area contributed by atoms with Crippen LogP contribution in [0.2, 0.25) is 0 Å². The van der Waals surface area contributed by atoms with E-state index >= 15 is 0 Å². The number of hydrogen-bond acceptors (Lipinski definition) is 5. The molecule has 2 fully saturated rings. The van der Waals surface area contributed by atoms with Gasteiger partial charge in [0, 0.05) is 41.7 Å². The highest BCUT2D eigenvalue weighted by molar-refractivity contribution is 7.15. The van der Waals surface area contributed by atoms with Crippen molar-refractivity contribution in [3.63, 3.8) is 0 Å². The summed E-state index contributed by atoms with van der Waals surface area (Å²) in [5, 5.41) is 4.26. The zero-order valence-electron chi connectivity index (χ0n) is 17.6. The van der Waals surface area contributed by atoms with Gasteiger partial charge in [-0.15, -0.1) is 11.3 Å². The van der Waals surface area contributed by atoms with E-state index in [0.717, 1.165) is 55.4 Å². The fraction of sp³-hybridized carbons (Fsp3) is 0.609. The summed E-state index contributed by atoms with van der Waals surface area (Å²) >= 11 is 1.69. The first-order valence-electron chi connectivity index (χ1n) is 11.1. The van der Waals surface area contributed by atoms with E-state index in [-0.39, 0.29) is 5.92 Å². The lowest BCUT2D eigenvalue weighted by atomic mass is 9.86. The van der Waals surface area contributed by atoms with Crippen molar-refractivity contribution in [2.75, 3.05) is 18.4 Å². The zero-order chi connectivity index (χ0) is 20.2. The molecule has 1 saturated carbocycles. The van der Waals surface area contributed by atoms with Gasteiger partial charge in [0.2, 0.25) is 5.91 Å². The molecule has 0 bridgehead atoms. The third-order valence-electron chi connectivity index (χ3n) is 6.28. The molecule has 2 aromatic heterocycles. The number of piperidine rings is 1. The molecule has 1 aliphatic heterocycles. The molecule has 156 valence electrons. The van der Waals surface area contributed by atoms with Crippen LogP contribution in [0.3, 0.4) is 0 Å². The van der Waals surface area contributed by atoms with Crippen LogP contribution in [-0.2, 0) is 4.79 Å². The van der Waals surface area contributed by atoms with Crippen molar-refractivity contribution < 1.29 is 4.79 Å². The number of carbonyl (C=O) groups excluding carboxylic acids is 1. The molecule has 0 radical (unpaired) electrons. The van der Waals surface area contributed by atoms with Gasteiger partial charge in [0.15, 0.2) is 5.13 Å². The number of rotatable bonds is 5. The molecule has 5 nitrogen and oxygen atoms in total. The average Bonchev–Trinajstić information content (AvgIpc) is 3.23. The molecular weight excluding hydrogens is 380 g/mol. The minimum Gasteiger partial charge on any atom is -0.342 e. The van der Waals surface area contributed by atoms with E-state index in [4.69, 9.17) is 4.98 Å². The smallest absolute Gasteiger partial charge is 0.225 e. The topological polar surface area (TPSA) is 58.1 Å². The van der Waals surface area contributed by atoms with Crippen LogP contribution in [0.15, 0.2) is 24.4 Å². The first kappa shape index (κ1) is 20.3. The fourth-order valence-corrected chi connectivity index (χ4v) is 5.30. The maximum absolute atomic E-state index is 12.8. The van der Waals surface area contributed by atoms with Crippen molar-refractivity contribution in [3.05, 3.63) is 35.0 Å². The minimum absolute atomic E-state index is 0.278. The van der Waals surface area contributed by atoms with Crippen LogP contribution in [0.4, 0.5) is 10.9 Å². The number of nitrogens with one attached hydrogen (secondary N) is 1. The number of likely N-dealkylation sites (tertiary alicyclic amines) is 1. The van der Waals surface area contributed by atoms with Crippen LogP contribution in [0.5, 0.6) is 0 Å². The van der Waals surface area contributed by atoms with Crippen LogP contribution >= 0.6 is 11.3 Å². The molecule has 0 aromatic carbocycles. The van der Waals surface area contributed by atoms with Crippen LogP contribution < -0.4 is 5.32 Å². The number of carbonyl (C=O) groups is 1. The SMILES string of the molecule is CC(C)c1cnc(Nc2cccc(C3CCN(C(=O)C4CCCCC4)CC3)n2)s1.